The van der Waals surface area contributed by atoms with Gasteiger partial charge in [0.1, 0.15) is 0 Å². The minimum absolute atomic E-state index is 0.679. The Morgan fingerprint density at radius 1 is 0.160 bits per heavy atom. The van der Waals surface area contributed by atoms with Crippen LogP contribution in [-0.4, -0.2) is 14.1 Å². The van der Waals surface area contributed by atoms with E-state index in [9.17, 15) is 0 Å². The fourth-order valence-corrected chi connectivity index (χ4v) is 15.2. The van der Waals surface area contributed by atoms with Gasteiger partial charge in [0.15, 0.2) is 0 Å². The molecule has 0 saturated heterocycles. The van der Waals surface area contributed by atoms with E-state index in [0.29, 0.717) is 0 Å². The average Bonchev–Trinajstić information content (AvgIpc) is 0.734. The first-order valence-electron chi connectivity index (χ1n) is 36.2. The van der Waals surface area contributed by atoms with Gasteiger partial charge in [-0.05, 0) is 196 Å². The summed E-state index contributed by atoms with van der Waals surface area (Å²) in [5, 5.41) is 0. The van der Waals surface area contributed by atoms with Crippen LogP contribution in [0.25, 0.3) is 66.8 Å². The van der Waals surface area contributed by atoms with Gasteiger partial charge in [-0.3, -0.25) is 0 Å². The second-order valence-corrected chi connectivity index (χ2v) is 27.0. The average molecular weight is 1350 g/mol. The van der Waals surface area contributed by atoms with Crippen molar-refractivity contribution in [1.29, 1.82) is 0 Å². The van der Waals surface area contributed by atoms with Crippen molar-refractivity contribution in [2.75, 3.05) is 23.9 Å². The Morgan fingerprint density at radius 2 is 0.302 bits per heavy atom. The Labute approximate surface area is 624 Å². The van der Waals surface area contributed by atoms with E-state index < -0.39 is 10.8 Å². The van der Waals surface area contributed by atoms with Gasteiger partial charge >= 0.3 is 0 Å². The summed E-state index contributed by atoms with van der Waals surface area (Å²) in [5.74, 6) is 12.9. The molecular weight excluding hydrogens is 1280 g/mol. The molecule has 0 aliphatic heterocycles. The third-order valence-corrected chi connectivity index (χ3v) is 20.9. The topological polar surface area (TPSA) is 6.48 Å². The van der Waals surface area contributed by atoms with E-state index in [1.165, 1.54) is 100 Å². The van der Waals surface area contributed by atoms with Crippen molar-refractivity contribution in [2.45, 2.75) is 10.8 Å². The third-order valence-electron chi connectivity index (χ3n) is 20.9. The number of hydrogen-bond donors (Lipinski definition) is 0. The third kappa shape index (κ3) is 13.7. The van der Waals surface area contributed by atoms with Crippen LogP contribution in [0, 0.1) is 23.7 Å². The predicted molar refractivity (Wildman–Crippen MR) is 445 cm³/mol. The summed E-state index contributed by atoms with van der Waals surface area (Å²) in [7, 11) is 4.25. The zero-order valence-corrected chi connectivity index (χ0v) is 59.3. The van der Waals surface area contributed by atoms with E-state index in [2.05, 4.69) is 472 Å². The Hall–Kier alpha value is -13.8. The molecule has 2 heteroatoms. The Kier molecular flexibility index (Phi) is 19.2. The van der Waals surface area contributed by atoms with Gasteiger partial charge < -0.3 is 9.80 Å². The fourth-order valence-electron chi connectivity index (χ4n) is 15.2. The largest absolute Gasteiger partial charge is 0.345 e. The lowest BCUT2D eigenvalue weighted by atomic mass is 9.64. The molecule has 0 radical (unpaired) electrons. The summed E-state index contributed by atoms with van der Waals surface area (Å²) in [6.45, 7) is 0. The van der Waals surface area contributed by atoms with Crippen molar-refractivity contribution in [1.82, 2.24) is 0 Å². The summed E-state index contributed by atoms with van der Waals surface area (Å²) in [6.07, 6.45) is 0. The molecule has 0 heterocycles. The van der Waals surface area contributed by atoms with Crippen LogP contribution in [0.15, 0.2) is 425 Å². The summed E-state index contributed by atoms with van der Waals surface area (Å²) < 4.78 is 0. The van der Waals surface area contributed by atoms with Crippen molar-refractivity contribution in [2.24, 2.45) is 0 Å². The summed E-state index contributed by atoms with van der Waals surface area (Å²) in [6, 6.07) is 154. The molecule has 16 rings (SSSR count). The van der Waals surface area contributed by atoms with Gasteiger partial charge in [0.2, 0.25) is 0 Å². The minimum Gasteiger partial charge on any atom is -0.345 e. The first-order chi connectivity index (χ1) is 52.3. The van der Waals surface area contributed by atoms with Crippen LogP contribution >= 0.6 is 0 Å². The molecule has 0 fully saturated rings. The van der Waals surface area contributed by atoms with Gasteiger partial charge in [-0.2, -0.15) is 0 Å². The molecule has 0 N–H and O–H groups in total. The molecule has 0 aliphatic rings. The maximum atomic E-state index is 3.30. The lowest BCUT2D eigenvalue weighted by Gasteiger charge is -2.37. The zero-order chi connectivity index (χ0) is 71.5. The van der Waals surface area contributed by atoms with Gasteiger partial charge in [-0.15, -0.1) is 0 Å². The van der Waals surface area contributed by atoms with Crippen molar-refractivity contribution in [3.8, 4) is 90.4 Å². The molecule has 0 amide bonds. The Bertz CT molecular complexity index is 4940. The van der Waals surface area contributed by atoms with Crippen LogP contribution in [0.2, 0.25) is 0 Å². The maximum absolute atomic E-state index is 3.30. The zero-order valence-electron chi connectivity index (χ0n) is 59.3. The van der Waals surface area contributed by atoms with Gasteiger partial charge in [0.05, 0.1) is 10.8 Å². The van der Waals surface area contributed by atoms with E-state index in [0.717, 1.165) is 45.0 Å². The molecule has 0 atom stereocenters. The van der Waals surface area contributed by atoms with Crippen molar-refractivity contribution < 1.29 is 0 Å². The van der Waals surface area contributed by atoms with Crippen LogP contribution in [0.3, 0.4) is 0 Å². The highest BCUT2D eigenvalue weighted by atomic mass is 15.1. The standard InChI is InChI=1S/C104H76N2/c1-105(101-73-65-97(66-74-101)103(91-53-41-85(42-54-91)79-25-9-3-10-26-79,92-55-43-86(44-56-92)80-27-11-4-12-28-80)93-57-45-87(46-58-93)81-29-13-5-14-30-81)99-69-37-77(38-70-99)23-21-22-24-78-39-71-100(72-40-78)106(2)102-75-67-98(68-76-102)104(94-59-47-88(48-60-94)82-31-15-6-16-32-82,95-61-49-89(50-62-95)83-33-17-7-18-34-83)96-63-51-90(52-64-96)84-35-19-8-20-36-84/h3-20,25-76H,1-2H3. The monoisotopic (exact) mass is 1350 g/mol. The Balaban J connectivity index is 0.649. The van der Waals surface area contributed by atoms with Crippen LogP contribution in [0.1, 0.15) is 55.6 Å². The predicted octanol–water partition coefficient (Wildman–Crippen LogP) is 25.4. The quantitative estimate of drug-likeness (QED) is 0.0624. The molecule has 0 saturated carbocycles. The summed E-state index contributed by atoms with van der Waals surface area (Å²) in [5.41, 5.74) is 28.3. The second kappa shape index (κ2) is 30.4. The molecule has 16 aromatic carbocycles. The molecule has 0 aromatic heterocycles. The molecule has 0 bridgehead atoms. The van der Waals surface area contributed by atoms with Crippen molar-refractivity contribution in [3.05, 3.63) is 480 Å². The molecule has 16 aromatic rings. The highest BCUT2D eigenvalue weighted by Crippen LogP contribution is 2.50. The normalized spacial score (nSPS) is 11.2. The highest BCUT2D eigenvalue weighted by Gasteiger charge is 2.40. The fraction of sp³-hybridized carbons (Fsp3) is 0.0385. The van der Waals surface area contributed by atoms with Crippen molar-refractivity contribution >= 4 is 22.7 Å². The maximum Gasteiger partial charge on any atom is 0.0701 e. The molecule has 502 valence electrons. The first kappa shape index (κ1) is 66.8. The highest BCUT2D eigenvalue weighted by molar-refractivity contribution is 5.76. The Morgan fingerprint density at radius 3 is 0.472 bits per heavy atom. The van der Waals surface area contributed by atoms with Gasteiger partial charge in [-0.1, -0.05) is 364 Å². The van der Waals surface area contributed by atoms with E-state index in [-0.39, 0.29) is 0 Å². The van der Waals surface area contributed by atoms with E-state index in [1.807, 2.05) is 0 Å². The SMILES string of the molecule is CN(c1ccc(C#CC#Cc2ccc(N(C)c3ccc(C(c4ccc(-c5ccccc5)cc4)(c4ccc(-c5ccccc5)cc4)c4ccc(-c5ccccc5)cc4)cc3)cc2)cc1)c1ccc(C(c2ccc(-c3ccccc3)cc2)(c2ccc(-c3ccccc3)cc2)c2ccc(-c3ccccc3)cc2)cc1. The number of nitrogens with zero attached hydrogens (tertiary/aromatic N) is 2. The molecule has 0 unspecified atom stereocenters. The number of rotatable bonds is 18. The molecule has 0 aliphatic carbocycles. The van der Waals surface area contributed by atoms with E-state index in [1.54, 1.807) is 0 Å². The smallest absolute Gasteiger partial charge is 0.0701 e. The van der Waals surface area contributed by atoms with Gasteiger partial charge in [0, 0.05) is 48.0 Å². The lowest BCUT2D eigenvalue weighted by molar-refractivity contribution is 0.745. The number of benzene rings is 16. The van der Waals surface area contributed by atoms with Crippen LogP contribution < -0.4 is 9.80 Å². The minimum atomic E-state index is -0.679. The van der Waals surface area contributed by atoms with E-state index in [4.69, 9.17) is 0 Å². The number of anilines is 4. The first-order valence-corrected chi connectivity index (χ1v) is 36.2. The van der Waals surface area contributed by atoms with Crippen molar-refractivity contribution in [3.63, 3.8) is 0 Å². The van der Waals surface area contributed by atoms with Crippen LogP contribution in [0.5, 0.6) is 0 Å². The summed E-state index contributed by atoms with van der Waals surface area (Å²) in [4.78, 5) is 4.46. The molecule has 106 heavy (non-hydrogen) atoms. The molecular formula is C104H76N2. The van der Waals surface area contributed by atoms with Crippen LogP contribution in [0.4, 0.5) is 22.7 Å². The van der Waals surface area contributed by atoms with E-state index >= 15 is 0 Å². The van der Waals surface area contributed by atoms with Crippen LogP contribution in [-0.2, 0) is 10.8 Å². The lowest BCUT2D eigenvalue weighted by Crippen LogP contribution is -2.31. The van der Waals surface area contributed by atoms with Gasteiger partial charge in [0.25, 0.3) is 0 Å². The molecule has 0 spiro atoms. The number of hydrogen-bond acceptors (Lipinski definition) is 2. The van der Waals surface area contributed by atoms with Gasteiger partial charge in [-0.25, -0.2) is 0 Å². The summed E-state index contributed by atoms with van der Waals surface area (Å²) >= 11 is 0. The molecule has 2 nitrogen and oxygen atoms in total. The second-order valence-electron chi connectivity index (χ2n) is 27.0.